The molecule has 1 nitrogen and oxygen atoms in total. The number of rotatable bonds is 2. The third-order valence-corrected chi connectivity index (χ3v) is 1.70. The minimum Gasteiger partial charge on any atom is -0.324 e. The average molecular weight is 111 g/mol. The van der Waals surface area contributed by atoms with E-state index in [1.54, 1.807) is 0 Å². The van der Waals surface area contributed by atoms with Crippen LogP contribution in [0.1, 0.15) is 19.8 Å². The SMILES string of the molecule is C=C(C)[C@@H](N)C1CC1. The highest BCUT2D eigenvalue weighted by Gasteiger charge is 2.28. The molecule has 1 aliphatic rings. The summed E-state index contributed by atoms with van der Waals surface area (Å²) in [5.74, 6) is 0.771. The molecule has 0 spiro atoms. The molecular formula is C7H13N. The summed E-state index contributed by atoms with van der Waals surface area (Å²) in [7, 11) is 0. The van der Waals surface area contributed by atoms with E-state index in [9.17, 15) is 0 Å². The van der Waals surface area contributed by atoms with Crippen LogP contribution in [0.25, 0.3) is 0 Å². The van der Waals surface area contributed by atoms with E-state index in [0.717, 1.165) is 11.5 Å². The average Bonchev–Trinajstić information content (AvgIpc) is 2.43. The molecule has 0 saturated heterocycles. The van der Waals surface area contributed by atoms with Crippen molar-refractivity contribution in [2.75, 3.05) is 0 Å². The first-order chi connectivity index (χ1) is 3.72. The van der Waals surface area contributed by atoms with Crippen LogP contribution in [0.2, 0.25) is 0 Å². The highest BCUT2D eigenvalue weighted by molar-refractivity contribution is 5.06. The minimum atomic E-state index is 0.287. The Balaban J connectivity index is 2.32. The summed E-state index contributed by atoms with van der Waals surface area (Å²) in [5, 5.41) is 0. The summed E-state index contributed by atoms with van der Waals surface area (Å²) in [4.78, 5) is 0. The molecule has 1 rings (SSSR count). The molecule has 0 amide bonds. The molecule has 0 radical (unpaired) electrons. The standard InChI is InChI=1S/C7H13N/c1-5(2)7(8)6-3-4-6/h6-7H,1,3-4,8H2,2H3/t7-/m1/s1. The summed E-state index contributed by atoms with van der Waals surface area (Å²) in [6, 6.07) is 0.287. The lowest BCUT2D eigenvalue weighted by Gasteiger charge is -2.07. The maximum atomic E-state index is 5.72. The van der Waals surface area contributed by atoms with Gasteiger partial charge in [0.1, 0.15) is 0 Å². The van der Waals surface area contributed by atoms with E-state index < -0.39 is 0 Å². The molecule has 1 saturated carbocycles. The summed E-state index contributed by atoms with van der Waals surface area (Å²) >= 11 is 0. The second kappa shape index (κ2) is 1.90. The molecule has 2 N–H and O–H groups in total. The van der Waals surface area contributed by atoms with Gasteiger partial charge in [0.15, 0.2) is 0 Å². The number of hydrogen-bond acceptors (Lipinski definition) is 1. The fourth-order valence-corrected chi connectivity index (χ4v) is 0.858. The summed E-state index contributed by atoms with van der Waals surface area (Å²) in [6.45, 7) is 5.79. The van der Waals surface area contributed by atoms with E-state index in [0.29, 0.717) is 0 Å². The van der Waals surface area contributed by atoms with Crippen LogP contribution < -0.4 is 5.73 Å². The first kappa shape index (κ1) is 5.83. The van der Waals surface area contributed by atoms with E-state index in [4.69, 9.17) is 5.73 Å². The zero-order valence-corrected chi connectivity index (χ0v) is 5.35. The van der Waals surface area contributed by atoms with Crippen LogP contribution in [0.15, 0.2) is 12.2 Å². The Labute approximate surface area is 50.6 Å². The molecule has 0 bridgehead atoms. The molecule has 0 heterocycles. The Morgan fingerprint density at radius 3 is 2.38 bits per heavy atom. The van der Waals surface area contributed by atoms with Gasteiger partial charge < -0.3 is 5.73 Å². The molecule has 0 aromatic heterocycles. The maximum Gasteiger partial charge on any atom is 0.0276 e. The molecule has 1 atom stereocenters. The van der Waals surface area contributed by atoms with Crippen LogP contribution in [0.3, 0.4) is 0 Å². The predicted octanol–water partition coefficient (Wildman–Crippen LogP) is 1.30. The predicted molar refractivity (Wildman–Crippen MR) is 35.5 cm³/mol. The van der Waals surface area contributed by atoms with Crippen molar-refractivity contribution in [3.63, 3.8) is 0 Å². The molecule has 8 heavy (non-hydrogen) atoms. The van der Waals surface area contributed by atoms with Crippen LogP contribution in [0, 0.1) is 5.92 Å². The van der Waals surface area contributed by atoms with Crippen molar-refractivity contribution in [1.82, 2.24) is 0 Å². The van der Waals surface area contributed by atoms with Crippen molar-refractivity contribution in [3.8, 4) is 0 Å². The van der Waals surface area contributed by atoms with Gasteiger partial charge >= 0.3 is 0 Å². The Morgan fingerprint density at radius 1 is 1.75 bits per heavy atom. The van der Waals surface area contributed by atoms with Gasteiger partial charge in [0.2, 0.25) is 0 Å². The third kappa shape index (κ3) is 1.10. The summed E-state index contributed by atoms with van der Waals surface area (Å²) in [5.41, 5.74) is 6.85. The van der Waals surface area contributed by atoms with E-state index in [1.807, 2.05) is 6.92 Å². The smallest absolute Gasteiger partial charge is 0.0276 e. The molecule has 1 heteroatoms. The lowest BCUT2D eigenvalue weighted by Crippen LogP contribution is -2.22. The van der Waals surface area contributed by atoms with Gasteiger partial charge in [-0.2, -0.15) is 0 Å². The fourth-order valence-electron chi connectivity index (χ4n) is 0.858. The van der Waals surface area contributed by atoms with Crippen molar-refractivity contribution in [3.05, 3.63) is 12.2 Å². The summed E-state index contributed by atoms with van der Waals surface area (Å²) < 4.78 is 0. The maximum absolute atomic E-state index is 5.72. The molecular weight excluding hydrogens is 98.1 g/mol. The van der Waals surface area contributed by atoms with Crippen LogP contribution in [-0.4, -0.2) is 6.04 Å². The van der Waals surface area contributed by atoms with Crippen LogP contribution in [-0.2, 0) is 0 Å². The van der Waals surface area contributed by atoms with Crippen molar-refractivity contribution in [2.24, 2.45) is 11.7 Å². The molecule has 0 aromatic rings. The van der Waals surface area contributed by atoms with Gasteiger partial charge in [0.25, 0.3) is 0 Å². The van der Waals surface area contributed by atoms with Gasteiger partial charge in [-0.05, 0) is 25.7 Å². The van der Waals surface area contributed by atoms with E-state index in [-0.39, 0.29) is 6.04 Å². The van der Waals surface area contributed by atoms with Gasteiger partial charge in [-0.25, -0.2) is 0 Å². The molecule has 1 fully saturated rings. The minimum absolute atomic E-state index is 0.287. The number of nitrogens with two attached hydrogens (primary N) is 1. The molecule has 1 aliphatic carbocycles. The van der Waals surface area contributed by atoms with Crippen LogP contribution in [0.5, 0.6) is 0 Å². The van der Waals surface area contributed by atoms with Crippen molar-refractivity contribution >= 4 is 0 Å². The van der Waals surface area contributed by atoms with E-state index in [1.165, 1.54) is 12.8 Å². The lowest BCUT2D eigenvalue weighted by atomic mass is 10.1. The Bertz CT molecular complexity index is 103. The van der Waals surface area contributed by atoms with Gasteiger partial charge in [-0.3, -0.25) is 0 Å². The first-order valence-electron chi connectivity index (χ1n) is 3.13. The zero-order chi connectivity index (χ0) is 6.15. The summed E-state index contributed by atoms with van der Waals surface area (Å²) in [6.07, 6.45) is 2.63. The Morgan fingerprint density at radius 2 is 2.25 bits per heavy atom. The topological polar surface area (TPSA) is 26.0 Å². The normalized spacial score (nSPS) is 22.8. The number of hydrogen-bond donors (Lipinski definition) is 1. The second-order valence-electron chi connectivity index (χ2n) is 2.71. The zero-order valence-electron chi connectivity index (χ0n) is 5.35. The lowest BCUT2D eigenvalue weighted by molar-refractivity contribution is 0.676. The van der Waals surface area contributed by atoms with Crippen molar-refractivity contribution in [1.29, 1.82) is 0 Å². The highest BCUT2D eigenvalue weighted by Crippen LogP contribution is 2.33. The highest BCUT2D eigenvalue weighted by atomic mass is 14.7. The van der Waals surface area contributed by atoms with E-state index >= 15 is 0 Å². The first-order valence-corrected chi connectivity index (χ1v) is 3.13. The molecule has 46 valence electrons. The molecule has 0 aromatic carbocycles. The quantitative estimate of drug-likeness (QED) is 0.534. The van der Waals surface area contributed by atoms with Crippen LogP contribution in [0.4, 0.5) is 0 Å². The second-order valence-corrected chi connectivity index (χ2v) is 2.71. The third-order valence-electron chi connectivity index (χ3n) is 1.70. The van der Waals surface area contributed by atoms with Gasteiger partial charge in [0, 0.05) is 6.04 Å². The van der Waals surface area contributed by atoms with Gasteiger partial charge in [-0.15, -0.1) is 0 Å². The monoisotopic (exact) mass is 111 g/mol. The molecule has 0 aliphatic heterocycles. The molecule has 0 unspecified atom stereocenters. The van der Waals surface area contributed by atoms with Gasteiger partial charge in [0.05, 0.1) is 0 Å². The van der Waals surface area contributed by atoms with Crippen molar-refractivity contribution in [2.45, 2.75) is 25.8 Å². The van der Waals surface area contributed by atoms with Gasteiger partial charge in [-0.1, -0.05) is 12.2 Å². The van der Waals surface area contributed by atoms with Crippen molar-refractivity contribution < 1.29 is 0 Å². The largest absolute Gasteiger partial charge is 0.324 e. The van der Waals surface area contributed by atoms with Crippen LogP contribution >= 0.6 is 0 Å². The Kier molecular flexibility index (Phi) is 1.39. The Hall–Kier alpha value is -0.300. The fraction of sp³-hybridized carbons (Fsp3) is 0.714. The van der Waals surface area contributed by atoms with E-state index in [2.05, 4.69) is 6.58 Å².